The first kappa shape index (κ1) is 14.9. The summed E-state index contributed by atoms with van der Waals surface area (Å²) in [7, 11) is 0. The Labute approximate surface area is 133 Å². The molecule has 0 saturated carbocycles. The molecule has 0 spiro atoms. The van der Waals surface area contributed by atoms with Crippen LogP contribution in [0.3, 0.4) is 0 Å². The molecule has 116 valence electrons. The van der Waals surface area contributed by atoms with E-state index in [9.17, 15) is 4.79 Å². The fourth-order valence-corrected chi connectivity index (χ4v) is 2.65. The Morgan fingerprint density at radius 2 is 2.23 bits per heavy atom. The molecular formula is C16H17ClN2O3. The van der Waals surface area contributed by atoms with E-state index in [1.807, 2.05) is 0 Å². The number of fused-ring (bicyclic) bond motifs is 1. The molecule has 5 nitrogen and oxygen atoms in total. The number of nitrogens with zero attached hydrogens (tertiary/aromatic N) is 1. The first-order valence-corrected chi connectivity index (χ1v) is 7.65. The Kier molecular flexibility index (Phi) is 4.34. The third-order valence-electron chi connectivity index (χ3n) is 3.73. The molecule has 1 aliphatic carbocycles. The van der Waals surface area contributed by atoms with Crippen LogP contribution in [0, 0.1) is 5.92 Å². The number of halogens is 1. The molecule has 22 heavy (non-hydrogen) atoms. The number of carbonyl (C=O) groups is 1. The second kappa shape index (κ2) is 6.40. The predicted octanol–water partition coefficient (Wildman–Crippen LogP) is 3.47. The van der Waals surface area contributed by atoms with Gasteiger partial charge in [-0.1, -0.05) is 23.7 Å². The topological polar surface area (TPSA) is 64.4 Å². The number of amides is 1. The summed E-state index contributed by atoms with van der Waals surface area (Å²) in [6.07, 6.45) is 2.89. The lowest BCUT2D eigenvalue weighted by molar-refractivity contribution is -0.118. The number of rotatable bonds is 4. The van der Waals surface area contributed by atoms with Gasteiger partial charge >= 0.3 is 0 Å². The van der Waals surface area contributed by atoms with Crippen LogP contribution in [0.1, 0.15) is 24.6 Å². The SMILES string of the molecule is C[C@@H]1CCc2noc(NC(=O)COc3ccc(Cl)cc3)c2C1. The van der Waals surface area contributed by atoms with Crippen LogP contribution in [0.4, 0.5) is 5.88 Å². The molecule has 1 aromatic carbocycles. The minimum atomic E-state index is -0.271. The summed E-state index contributed by atoms with van der Waals surface area (Å²) >= 11 is 5.79. The first-order chi connectivity index (χ1) is 10.6. The molecule has 2 aromatic rings. The van der Waals surface area contributed by atoms with Crippen molar-refractivity contribution in [3.63, 3.8) is 0 Å². The zero-order chi connectivity index (χ0) is 15.5. The van der Waals surface area contributed by atoms with E-state index in [-0.39, 0.29) is 12.5 Å². The van der Waals surface area contributed by atoms with E-state index in [0.717, 1.165) is 30.5 Å². The van der Waals surface area contributed by atoms with Crippen LogP contribution < -0.4 is 10.1 Å². The summed E-state index contributed by atoms with van der Waals surface area (Å²) < 4.78 is 10.7. The summed E-state index contributed by atoms with van der Waals surface area (Å²) in [5.41, 5.74) is 1.96. The second-order valence-electron chi connectivity index (χ2n) is 5.58. The van der Waals surface area contributed by atoms with E-state index in [1.54, 1.807) is 24.3 Å². The van der Waals surface area contributed by atoms with E-state index in [2.05, 4.69) is 17.4 Å². The number of aromatic nitrogens is 1. The number of hydrogen-bond acceptors (Lipinski definition) is 4. The molecule has 1 aromatic heterocycles. The van der Waals surface area contributed by atoms with E-state index >= 15 is 0 Å². The molecule has 0 fully saturated rings. The van der Waals surface area contributed by atoms with Gasteiger partial charge in [0.05, 0.1) is 5.69 Å². The molecule has 0 saturated heterocycles. The number of aryl methyl sites for hydroxylation is 1. The third kappa shape index (κ3) is 3.42. The minimum absolute atomic E-state index is 0.0906. The van der Waals surface area contributed by atoms with Gasteiger partial charge in [0.25, 0.3) is 5.91 Å². The lowest BCUT2D eigenvalue weighted by Gasteiger charge is -2.16. The fourth-order valence-electron chi connectivity index (χ4n) is 2.52. The molecule has 0 radical (unpaired) electrons. The highest BCUT2D eigenvalue weighted by molar-refractivity contribution is 6.30. The van der Waals surface area contributed by atoms with Gasteiger partial charge in [-0.3, -0.25) is 10.1 Å². The lowest BCUT2D eigenvalue weighted by atomic mass is 9.89. The zero-order valence-electron chi connectivity index (χ0n) is 12.3. The first-order valence-electron chi connectivity index (χ1n) is 7.27. The average molecular weight is 321 g/mol. The van der Waals surface area contributed by atoms with E-state index in [1.165, 1.54) is 0 Å². The maximum atomic E-state index is 12.0. The Morgan fingerprint density at radius 3 is 3.00 bits per heavy atom. The van der Waals surface area contributed by atoms with Crippen molar-refractivity contribution in [2.45, 2.75) is 26.2 Å². The maximum Gasteiger partial charge on any atom is 0.264 e. The van der Waals surface area contributed by atoms with Gasteiger partial charge in [0.2, 0.25) is 5.88 Å². The van der Waals surface area contributed by atoms with Crippen LogP contribution in [0.25, 0.3) is 0 Å². The third-order valence-corrected chi connectivity index (χ3v) is 3.98. The van der Waals surface area contributed by atoms with Crippen LogP contribution in [-0.2, 0) is 17.6 Å². The van der Waals surface area contributed by atoms with Crippen molar-refractivity contribution in [3.05, 3.63) is 40.5 Å². The van der Waals surface area contributed by atoms with Gasteiger partial charge in [0, 0.05) is 10.6 Å². The van der Waals surface area contributed by atoms with Gasteiger partial charge in [-0.15, -0.1) is 0 Å². The average Bonchev–Trinajstić information content (AvgIpc) is 2.89. The summed E-state index contributed by atoms with van der Waals surface area (Å²) in [5, 5.41) is 7.38. The van der Waals surface area contributed by atoms with Gasteiger partial charge in [-0.05, 0) is 49.4 Å². The number of carbonyl (C=O) groups excluding carboxylic acids is 1. The van der Waals surface area contributed by atoms with Crippen molar-refractivity contribution in [2.24, 2.45) is 5.92 Å². The van der Waals surface area contributed by atoms with Crippen molar-refractivity contribution in [2.75, 3.05) is 11.9 Å². The van der Waals surface area contributed by atoms with Crippen LogP contribution in [0.15, 0.2) is 28.8 Å². The van der Waals surface area contributed by atoms with Crippen molar-refractivity contribution in [3.8, 4) is 5.75 Å². The Hall–Kier alpha value is -2.01. The van der Waals surface area contributed by atoms with Crippen molar-refractivity contribution in [1.29, 1.82) is 0 Å². The molecule has 6 heteroatoms. The monoisotopic (exact) mass is 320 g/mol. The summed E-state index contributed by atoms with van der Waals surface area (Å²) in [5.74, 6) is 1.35. The highest BCUT2D eigenvalue weighted by Gasteiger charge is 2.24. The van der Waals surface area contributed by atoms with E-state index in [4.69, 9.17) is 20.9 Å². The molecule has 3 rings (SSSR count). The zero-order valence-corrected chi connectivity index (χ0v) is 13.0. The molecule has 1 N–H and O–H groups in total. The highest BCUT2D eigenvalue weighted by Crippen LogP contribution is 2.30. The van der Waals surface area contributed by atoms with Gasteiger partial charge in [0.1, 0.15) is 5.75 Å². The second-order valence-corrected chi connectivity index (χ2v) is 6.01. The van der Waals surface area contributed by atoms with Gasteiger partial charge in [-0.25, -0.2) is 0 Å². The minimum Gasteiger partial charge on any atom is -0.484 e. The number of anilines is 1. The van der Waals surface area contributed by atoms with Gasteiger partial charge < -0.3 is 9.26 Å². The summed E-state index contributed by atoms with van der Waals surface area (Å²) in [6.45, 7) is 2.10. The van der Waals surface area contributed by atoms with E-state index < -0.39 is 0 Å². The number of benzene rings is 1. The van der Waals surface area contributed by atoms with Crippen molar-refractivity contribution >= 4 is 23.4 Å². The molecule has 0 unspecified atom stereocenters. The highest BCUT2D eigenvalue weighted by atomic mass is 35.5. The maximum absolute atomic E-state index is 12.0. The number of hydrogen-bond donors (Lipinski definition) is 1. The quantitative estimate of drug-likeness (QED) is 0.936. The molecule has 1 heterocycles. The van der Waals surface area contributed by atoms with Gasteiger partial charge in [-0.2, -0.15) is 0 Å². The van der Waals surface area contributed by atoms with Crippen LogP contribution in [0.2, 0.25) is 5.02 Å². The van der Waals surface area contributed by atoms with E-state index in [0.29, 0.717) is 22.6 Å². The van der Waals surface area contributed by atoms with Crippen LogP contribution in [-0.4, -0.2) is 17.7 Å². The molecular weight excluding hydrogens is 304 g/mol. The largest absolute Gasteiger partial charge is 0.484 e. The Bertz CT molecular complexity index is 667. The smallest absolute Gasteiger partial charge is 0.264 e. The molecule has 0 bridgehead atoms. The predicted molar refractivity (Wildman–Crippen MR) is 83.3 cm³/mol. The molecule has 1 amide bonds. The summed E-state index contributed by atoms with van der Waals surface area (Å²) in [6, 6.07) is 6.85. The fraction of sp³-hybridized carbons (Fsp3) is 0.375. The summed E-state index contributed by atoms with van der Waals surface area (Å²) in [4.78, 5) is 12.0. The van der Waals surface area contributed by atoms with Crippen molar-refractivity contribution < 1.29 is 14.1 Å². The van der Waals surface area contributed by atoms with Crippen molar-refractivity contribution in [1.82, 2.24) is 5.16 Å². The van der Waals surface area contributed by atoms with Gasteiger partial charge in [0.15, 0.2) is 6.61 Å². The normalized spacial score (nSPS) is 16.9. The van der Waals surface area contributed by atoms with Crippen LogP contribution >= 0.6 is 11.6 Å². The standard InChI is InChI=1S/C16H17ClN2O3/c1-10-2-7-14-13(8-10)16(22-19-14)18-15(20)9-21-12-5-3-11(17)4-6-12/h3-6,10H,2,7-9H2,1H3,(H,18,20)/t10-/m1/s1. The number of nitrogens with one attached hydrogen (secondary N) is 1. The van der Waals surface area contributed by atoms with Crippen LogP contribution in [0.5, 0.6) is 5.75 Å². The molecule has 1 aliphatic rings. The Morgan fingerprint density at radius 1 is 1.45 bits per heavy atom. The molecule has 1 atom stereocenters. The number of ether oxygens (including phenoxy) is 1. The lowest BCUT2D eigenvalue weighted by Crippen LogP contribution is -2.21. The molecule has 0 aliphatic heterocycles. The Balaban J connectivity index is 1.58.